The summed E-state index contributed by atoms with van der Waals surface area (Å²) in [5.41, 5.74) is 5.46. The van der Waals surface area contributed by atoms with Gasteiger partial charge in [0.1, 0.15) is 5.75 Å². The molecule has 3 aromatic carbocycles. The fraction of sp³-hybridized carbons (Fsp3) is 0.269. The first-order valence-electron chi connectivity index (χ1n) is 11.0. The number of methoxy groups -OCH3 is 1. The first kappa shape index (κ1) is 22.9. The van der Waals surface area contributed by atoms with Crippen LogP contribution in [0.1, 0.15) is 28.7 Å². The molecule has 0 fully saturated rings. The molecule has 6 nitrogen and oxygen atoms in total. The zero-order valence-electron chi connectivity index (χ0n) is 19.2. The Kier molecular flexibility index (Phi) is 6.70. The standard InChI is InChI=1S/C26H29N3O3S/c1-20-10-13-24(14-11-20)33(30,31)28(2)27-18-21-12-15-26(32-3)23(17-21)19-29-16-6-8-22-7-4-5-9-25(22)29/h4-5,7,9-15,17-18H,6,8,16,19H2,1-3H3. The summed E-state index contributed by atoms with van der Waals surface area (Å²) >= 11 is 0. The van der Waals surface area contributed by atoms with Crippen molar-refractivity contribution in [1.29, 1.82) is 0 Å². The van der Waals surface area contributed by atoms with E-state index >= 15 is 0 Å². The zero-order chi connectivity index (χ0) is 23.4. The minimum Gasteiger partial charge on any atom is -0.496 e. The molecule has 1 heterocycles. The van der Waals surface area contributed by atoms with Crippen LogP contribution in [0.5, 0.6) is 5.75 Å². The molecule has 0 atom stereocenters. The van der Waals surface area contributed by atoms with Crippen LogP contribution in [0.15, 0.2) is 76.7 Å². The summed E-state index contributed by atoms with van der Waals surface area (Å²) in [6, 6.07) is 21.0. The van der Waals surface area contributed by atoms with Crippen LogP contribution in [0.4, 0.5) is 5.69 Å². The molecular formula is C26H29N3O3S. The van der Waals surface area contributed by atoms with Gasteiger partial charge in [-0.25, -0.2) is 0 Å². The second-order valence-electron chi connectivity index (χ2n) is 8.22. The van der Waals surface area contributed by atoms with Crippen LogP contribution < -0.4 is 9.64 Å². The molecule has 4 rings (SSSR count). The summed E-state index contributed by atoms with van der Waals surface area (Å²) < 4.78 is 32.2. The Bertz CT molecular complexity index is 1250. The minimum atomic E-state index is -3.70. The van der Waals surface area contributed by atoms with Gasteiger partial charge < -0.3 is 9.64 Å². The van der Waals surface area contributed by atoms with Crippen molar-refractivity contribution in [3.63, 3.8) is 0 Å². The van der Waals surface area contributed by atoms with Gasteiger partial charge in [0.15, 0.2) is 0 Å². The van der Waals surface area contributed by atoms with Gasteiger partial charge in [-0.3, -0.25) is 0 Å². The molecule has 1 aliphatic rings. The number of benzene rings is 3. The highest BCUT2D eigenvalue weighted by Gasteiger charge is 2.20. The average Bonchev–Trinajstić information content (AvgIpc) is 2.83. The average molecular weight is 464 g/mol. The lowest BCUT2D eigenvalue weighted by Crippen LogP contribution is -2.29. The summed E-state index contributed by atoms with van der Waals surface area (Å²) in [6.45, 7) is 3.61. The number of ether oxygens (including phenoxy) is 1. The number of hydrazone groups is 1. The molecule has 0 N–H and O–H groups in total. The molecule has 0 amide bonds. The van der Waals surface area contributed by atoms with Gasteiger partial charge in [0.05, 0.1) is 18.2 Å². The van der Waals surface area contributed by atoms with E-state index in [1.807, 2.05) is 25.1 Å². The smallest absolute Gasteiger partial charge is 0.278 e. The molecule has 3 aromatic rings. The van der Waals surface area contributed by atoms with Crippen LogP contribution in [0.3, 0.4) is 0 Å². The molecule has 0 bridgehead atoms. The Labute approximate surface area is 196 Å². The number of aryl methyl sites for hydroxylation is 2. The van der Waals surface area contributed by atoms with E-state index in [0.29, 0.717) is 6.54 Å². The molecule has 0 radical (unpaired) electrons. The van der Waals surface area contributed by atoms with Gasteiger partial charge in [-0.1, -0.05) is 35.9 Å². The second-order valence-corrected chi connectivity index (χ2v) is 10.2. The van der Waals surface area contributed by atoms with E-state index in [4.69, 9.17) is 4.74 Å². The lowest BCUT2D eigenvalue weighted by molar-refractivity contribution is 0.409. The summed E-state index contributed by atoms with van der Waals surface area (Å²) in [7, 11) is -0.592. The number of rotatable bonds is 7. The van der Waals surface area contributed by atoms with E-state index in [0.717, 1.165) is 46.2 Å². The van der Waals surface area contributed by atoms with Crippen molar-refractivity contribution in [2.75, 3.05) is 25.6 Å². The van der Waals surface area contributed by atoms with Crippen LogP contribution in [0.2, 0.25) is 0 Å². The van der Waals surface area contributed by atoms with E-state index < -0.39 is 10.0 Å². The molecule has 1 aliphatic heterocycles. The highest BCUT2D eigenvalue weighted by molar-refractivity contribution is 7.89. The largest absolute Gasteiger partial charge is 0.496 e. The number of hydrogen-bond donors (Lipinski definition) is 0. The summed E-state index contributed by atoms with van der Waals surface area (Å²) in [6.07, 6.45) is 3.78. The zero-order valence-corrected chi connectivity index (χ0v) is 20.0. The van der Waals surface area contributed by atoms with E-state index in [9.17, 15) is 8.42 Å². The number of sulfonamides is 1. The third-order valence-electron chi connectivity index (χ3n) is 5.91. The van der Waals surface area contributed by atoms with Gasteiger partial charge in [0.2, 0.25) is 0 Å². The number of nitrogens with zero attached hydrogens (tertiary/aromatic N) is 3. The number of anilines is 1. The third-order valence-corrected chi connectivity index (χ3v) is 7.57. The number of fused-ring (bicyclic) bond motifs is 1. The fourth-order valence-corrected chi connectivity index (χ4v) is 5.01. The van der Waals surface area contributed by atoms with Crippen LogP contribution in [0, 0.1) is 6.92 Å². The molecule has 0 aliphatic carbocycles. The molecular weight excluding hydrogens is 434 g/mol. The van der Waals surface area contributed by atoms with Crippen molar-refractivity contribution in [3.05, 3.63) is 89.0 Å². The van der Waals surface area contributed by atoms with Gasteiger partial charge in [-0.15, -0.1) is 0 Å². The summed E-state index contributed by atoms with van der Waals surface area (Å²) in [5.74, 6) is 0.802. The van der Waals surface area contributed by atoms with Gasteiger partial charge in [-0.05, 0) is 67.3 Å². The molecule has 0 saturated heterocycles. The van der Waals surface area contributed by atoms with E-state index in [1.165, 1.54) is 18.3 Å². The monoisotopic (exact) mass is 463 g/mol. The molecule has 7 heteroatoms. The quantitative estimate of drug-likeness (QED) is 0.379. The minimum absolute atomic E-state index is 0.215. The van der Waals surface area contributed by atoms with Crippen molar-refractivity contribution >= 4 is 21.9 Å². The van der Waals surface area contributed by atoms with Crippen molar-refractivity contribution < 1.29 is 13.2 Å². The molecule has 33 heavy (non-hydrogen) atoms. The second kappa shape index (κ2) is 9.67. The van der Waals surface area contributed by atoms with Crippen molar-refractivity contribution in [2.45, 2.75) is 31.2 Å². The van der Waals surface area contributed by atoms with Crippen LogP contribution in [-0.2, 0) is 23.0 Å². The van der Waals surface area contributed by atoms with Crippen LogP contribution in [0.25, 0.3) is 0 Å². The Morgan fingerprint density at radius 1 is 1.09 bits per heavy atom. The first-order chi connectivity index (χ1) is 15.9. The van der Waals surface area contributed by atoms with Crippen molar-refractivity contribution in [2.24, 2.45) is 5.10 Å². The van der Waals surface area contributed by atoms with E-state index in [2.05, 4.69) is 34.3 Å². The highest BCUT2D eigenvalue weighted by atomic mass is 32.2. The Morgan fingerprint density at radius 2 is 1.85 bits per heavy atom. The van der Waals surface area contributed by atoms with Gasteiger partial charge in [-0.2, -0.15) is 17.9 Å². The Hall–Kier alpha value is -3.32. The summed E-state index contributed by atoms with van der Waals surface area (Å²) in [5, 5.41) is 4.21. The maximum Gasteiger partial charge on any atom is 0.278 e. The summed E-state index contributed by atoms with van der Waals surface area (Å²) in [4.78, 5) is 2.58. The van der Waals surface area contributed by atoms with Gasteiger partial charge in [0, 0.05) is 31.4 Å². The normalized spacial score (nSPS) is 13.7. The molecule has 0 saturated carbocycles. The SMILES string of the molecule is COc1ccc(C=NN(C)S(=O)(=O)c2ccc(C)cc2)cc1CN1CCCc2ccccc21. The van der Waals surface area contributed by atoms with Crippen LogP contribution >= 0.6 is 0 Å². The molecule has 0 unspecified atom stereocenters. The maximum atomic E-state index is 12.8. The third kappa shape index (κ3) is 5.03. The lowest BCUT2D eigenvalue weighted by atomic mass is 10.0. The highest BCUT2D eigenvalue weighted by Crippen LogP contribution is 2.30. The topological polar surface area (TPSA) is 62.2 Å². The Balaban J connectivity index is 1.56. The number of para-hydroxylation sites is 1. The predicted molar refractivity (Wildman–Crippen MR) is 133 cm³/mol. The van der Waals surface area contributed by atoms with Crippen LogP contribution in [-0.4, -0.2) is 39.7 Å². The number of hydrogen-bond acceptors (Lipinski definition) is 5. The predicted octanol–water partition coefficient (Wildman–Crippen LogP) is 4.61. The lowest BCUT2D eigenvalue weighted by Gasteiger charge is -2.31. The Morgan fingerprint density at radius 3 is 2.61 bits per heavy atom. The molecule has 172 valence electrons. The first-order valence-corrected chi connectivity index (χ1v) is 12.4. The van der Waals surface area contributed by atoms with Gasteiger partial charge >= 0.3 is 0 Å². The van der Waals surface area contributed by atoms with E-state index in [-0.39, 0.29) is 4.90 Å². The van der Waals surface area contributed by atoms with Crippen molar-refractivity contribution in [3.8, 4) is 5.75 Å². The van der Waals surface area contributed by atoms with E-state index in [1.54, 1.807) is 37.6 Å². The molecule has 0 aromatic heterocycles. The fourth-order valence-electron chi connectivity index (χ4n) is 4.06. The maximum absolute atomic E-state index is 12.8. The van der Waals surface area contributed by atoms with Crippen molar-refractivity contribution in [1.82, 2.24) is 4.41 Å². The van der Waals surface area contributed by atoms with Gasteiger partial charge in [0.25, 0.3) is 10.0 Å². The molecule has 0 spiro atoms.